The first-order valence-corrected chi connectivity index (χ1v) is 7.86. The van der Waals surface area contributed by atoms with E-state index in [1.807, 2.05) is 74.5 Å². The fourth-order valence-corrected chi connectivity index (χ4v) is 2.33. The first kappa shape index (κ1) is 16.4. The predicted molar refractivity (Wildman–Crippen MR) is 99.4 cm³/mol. The summed E-state index contributed by atoms with van der Waals surface area (Å²) < 4.78 is 5.79. The van der Waals surface area contributed by atoms with Crippen LogP contribution in [0.1, 0.15) is 11.4 Å². The number of anilines is 2. The van der Waals surface area contributed by atoms with Gasteiger partial charge in [-0.3, -0.25) is 10.7 Å². The van der Waals surface area contributed by atoms with E-state index in [2.05, 4.69) is 20.6 Å². The van der Waals surface area contributed by atoms with Crippen molar-refractivity contribution >= 4 is 17.6 Å². The molecule has 2 aromatic carbocycles. The van der Waals surface area contributed by atoms with Crippen LogP contribution in [-0.2, 0) is 0 Å². The lowest BCUT2D eigenvalue weighted by Crippen LogP contribution is -2.22. The molecule has 0 spiro atoms. The molecule has 3 N–H and O–H groups in total. The Labute approximate surface area is 146 Å². The summed E-state index contributed by atoms with van der Waals surface area (Å²) in [6.45, 7) is 3.78. The number of aryl methyl sites for hydroxylation is 2. The fraction of sp³-hybridized carbons (Fsp3) is 0.105. The molecular formula is C19H19N5O. The highest BCUT2D eigenvalue weighted by Crippen LogP contribution is 2.23. The van der Waals surface area contributed by atoms with Gasteiger partial charge in [-0.05, 0) is 44.2 Å². The maximum atomic E-state index is 8.05. The Hall–Kier alpha value is -3.41. The van der Waals surface area contributed by atoms with Crippen LogP contribution in [0.4, 0.5) is 11.6 Å². The van der Waals surface area contributed by atoms with Crippen molar-refractivity contribution in [1.29, 1.82) is 5.41 Å². The average Bonchev–Trinajstić information content (AvgIpc) is 2.55. The quantitative estimate of drug-likeness (QED) is 0.488. The minimum absolute atomic E-state index is 0.0851. The predicted octanol–water partition coefficient (Wildman–Crippen LogP) is 4.34. The summed E-state index contributed by atoms with van der Waals surface area (Å²) >= 11 is 0. The molecule has 6 nitrogen and oxygen atoms in total. The van der Waals surface area contributed by atoms with Crippen molar-refractivity contribution in [3.63, 3.8) is 0 Å². The molecule has 3 aromatic rings. The Kier molecular flexibility index (Phi) is 4.89. The maximum absolute atomic E-state index is 8.05. The van der Waals surface area contributed by atoms with E-state index in [0.29, 0.717) is 11.7 Å². The van der Waals surface area contributed by atoms with Crippen LogP contribution in [0.3, 0.4) is 0 Å². The summed E-state index contributed by atoms with van der Waals surface area (Å²) in [4.78, 5) is 8.52. The van der Waals surface area contributed by atoms with Crippen LogP contribution in [0.2, 0.25) is 0 Å². The molecule has 0 bridgehead atoms. The summed E-state index contributed by atoms with van der Waals surface area (Å²) in [5, 5.41) is 13.9. The smallest absolute Gasteiger partial charge is 0.229 e. The summed E-state index contributed by atoms with van der Waals surface area (Å²) in [5.74, 6) is 1.93. The van der Waals surface area contributed by atoms with Crippen molar-refractivity contribution in [3.05, 3.63) is 72.1 Å². The lowest BCUT2D eigenvalue weighted by Gasteiger charge is -2.11. The third kappa shape index (κ3) is 4.78. The molecule has 3 rings (SSSR count). The van der Waals surface area contributed by atoms with Gasteiger partial charge in [0.2, 0.25) is 5.95 Å². The molecule has 0 unspecified atom stereocenters. The zero-order chi connectivity index (χ0) is 17.6. The summed E-state index contributed by atoms with van der Waals surface area (Å²) in [5.41, 5.74) is 2.43. The Bertz CT molecular complexity index is 860. The Morgan fingerprint density at radius 1 is 0.840 bits per heavy atom. The normalized spacial score (nSPS) is 10.2. The number of ether oxygens (including phenoxy) is 1. The first-order chi connectivity index (χ1) is 12.1. The molecule has 126 valence electrons. The minimum Gasteiger partial charge on any atom is -0.457 e. The van der Waals surface area contributed by atoms with Gasteiger partial charge in [-0.25, -0.2) is 9.97 Å². The van der Waals surface area contributed by atoms with Gasteiger partial charge in [-0.15, -0.1) is 0 Å². The van der Waals surface area contributed by atoms with Crippen LogP contribution in [0.15, 0.2) is 60.7 Å². The number of benzene rings is 2. The van der Waals surface area contributed by atoms with Gasteiger partial charge in [0.1, 0.15) is 11.5 Å². The highest BCUT2D eigenvalue weighted by molar-refractivity contribution is 6.00. The third-order valence-corrected chi connectivity index (χ3v) is 3.30. The maximum Gasteiger partial charge on any atom is 0.229 e. The van der Waals surface area contributed by atoms with Crippen molar-refractivity contribution < 1.29 is 4.74 Å². The van der Waals surface area contributed by atoms with Crippen LogP contribution < -0.4 is 15.4 Å². The van der Waals surface area contributed by atoms with Gasteiger partial charge in [0.05, 0.1) is 0 Å². The number of hydrogen-bond donors (Lipinski definition) is 3. The van der Waals surface area contributed by atoms with Gasteiger partial charge in [-0.2, -0.15) is 0 Å². The Morgan fingerprint density at radius 2 is 1.52 bits per heavy atom. The first-order valence-electron chi connectivity index (χ1n) is 7.86. The molecule has 1 heterocycles. The molecular weight excluding hydrogens is 314 g/mol. The van der Waals surface area contributed by atoms with E-state index in [1.165, 1.54) is 0 Å². The molecule has 0 saturated carbocycles. The van der Waals surface area contributed by atoms with E-state index < -0.39 is 0 Å². The summed E-state index contributed by atoms with van der Waals surface area (Å²) in [7, 11) is 0. The monoisotopic (exact) mass is 333 g/mol. The van der Waals surface area contributed by atoms with Crippen LogP contribution >= 0.6 is 0 Å². The molecule has 0 radical (unpaired) electrons. The topological polar surface area (TPSA) is 82.9 Å². The van der Waals surface area contributed by atoms with Crippen molar-refractivity contribution in [2.45, 2.75) is 13.8 Å². The second-order valence-electron chi connectivity index (χ2n) is 5.54. The van der Waals surface area contributed by atoms with Gasteiger partial charge < -0.3 is 10.1 Å². The van der Waals surface area contributed by atoms with E-state index in [4.69, 9.17) is 10.1 Å². The van der Waals surface area contributed by atoms with Gasteiger partial charge in [0.25, 0.3) is 0 Å². The van der Waals surface area contributed by atoms with Gasteiger partial charge in [0, 0.05) is 23.1 Å². The van der Waals surface area contributed by atoms with Crippen LogP contribution in [0, 0.1) is 19.3 Å². The lowest BCUT2D eigenvalue weighted by molar-refractivity contribution is 0.483. The van der Waals surface area contributed by atoms with Crippen molar-refractivity contribution in [3.8, 4) is 11.5 Å². The molecule has 0 saturated heterocycles. The van der Waals surface area contributed by atoms with E-state index in [1.54, 1.807) is 0 Å². The summed E-state index contributed by atoms with van der Waals surface area (Å²) in [6.07, 6.45) is 0. The highest BCUT2D eigenvalue weighted by atomic mass is 16.5. The number of aromatic nitrogens is 2. The number of para-hydroxylation sites is 1. The Morgan fingerprint density at radius 3 is 2.24 bits per heavy atom. The van der Waals surface area contributed by atoms with Crippen LogP contribution in [0.25, 0.3) is 0 Å². The van der Waals surface area contributed by atoms with Crippen molar-refractivity contribution in [2.24, 2.45) is 0 Å². The third-order valence-electron chi connectivity index (χ3n) is 3.30. The molecule has 1 aromatic heterocycles. The van der Waals surface area contributed by atoms with Gasteiger partial charge in [0.15, 0.2) is 5.96 Å². The molecule has 0 aliphatic rings. The molecule has 0 fully saturated rings. The fourth-order valence-electron chi connectivity index (χ4n) is 2.33. The molecule has 25 heavy (non-hydrogen) atoms. The standard InChI is InChI=1S/C19H19N5O/c1-13-11-14(2)22-19(21-13)24-18(20)23-15-7-6-10-17(12-15)25-16-8-4-3-5-9-16/h3-12H,1-2H3,(H3,20,21,22,23,24). The molecule has 0 amide bonds. The number of nitrogens with zero attached hydrogens (tertiary/aromatic N) is 2. The zero-order valence-corrected chi connectivity index (χ0v) is 14.1. The molecule has 0 aliphatic heterocycles. The largest absolute Gasteiger partial charge is 0.457 e. The Balaban J connectivity index is 1.66. The zero-order valence-electron chi connectivity index (χ0n) is 14.1. The van der Waals surface area contributed by atoms with E-state index in [0.717, 1.165) is 22.8 Å². The van der Waals surface area contributed by atoms with Crippen LogP contribution in [-0.4, -0.2) is 15.9 Å². The van der Waals surface area contributed by atoms with Crippen LogP contribution in [0.5, 0.6) is 11.5 Å². The number of nitrogens with one attached hydrogen (secondary N) is 3. The van der Waals surface area contributed by atoms with Crippen molar-refractivity contribution in [2.75, 3.05) is 10.6 Å². The molecule has 0 aliphatic carbocycles. The number of guanidine groups is 1. The second-order valence-corrected chi connectivity index (χ2v) is 5.54. The minimum atomic E-state index is 0.0851. The molecule has 0 atom stereocenters. The van der Waals surface area contributed by atoms with E-state index in [9.17, 15) is 0 Å². The average molecular weight is 333 g/mol. The number of rotatable bonds is 4. The van der Waals surface area contributed by atoms with Gasteiger partial charge >= 0.3 is 0 Å². The second kappa shape index (κ2) is 7.44. The highest BCUT2D eigenvalue weighted by Gasteiger charge is 2.04. The van der Waals surface area contributed by atoms with E-state index in [-0.39, 0.29) is 5.96 Å². The number of hydrogen-bond acceptors (Lipinski definition) is 4. The van der Waals surface area contributed by atoms with Crippen molar-refractivity contribution in [1.82, 2.24) is 9.97 Å². The van der Waals surface area contributed by atoms with Gasteiger partial charge in [-0.1, -0.05) is 24.3 Å². The van der Waals surface area contributed by atoms with E-state index >= 15 is 0 Å². The molecule has 6 heteroatoms. The lowest BCUT2D eigenvalue weighted by atomic mass is 10.3. The SMILES string of the molecule is Cc1cc(C)nc(NC(=N)Nc2cccc(Oc3ccccc3)c2)n1. The summed E-state index contributed by atoms with van der Waals surface area (Å²) in [6, 6.07) is 18.8.